The second-order valence-corrected chi connectivity index (χ2v) is 6.74. The molecule has 1 aromatic rings. The highest BCUT2D eigenvalue weighted by Gasteiger charge is 2.35. The van der Waals surface area contributed by atoms with E-state index < -0.39 is 5.60 Å². The van der Waals surface area contributed by atoms with Gasteiger partial charge in [-0.25, -0.2) is 0 Å². The van der Waals surface area contributed by atoms with Crippen molar-refractivity contribution >= 4 is 15.9 Å². The highest BCUT2D eigenvalue weighted by atomic mass is 79.9. The fraction of sp³-hybridized carbons (Fsp3) is 0.600. The summed E-state index contributed by atoms with van der Waals surface area (Å²) in [7, 11) is 0. The Bertz CT molecular complexity index is 422. The molecule has 1 atom stereocenters. The number of hydrogen-bond acceptors (Lipinski definition) is 3. The van der Waals surface area contributed by atoms with Crippen molar-refractivity contribution in [1.82, 2.24) is 5.32 Å². The van der Waals surface area contributed by atoms with Crippen molar-refractivity contribution in [3.05, 3.63) is 34.3 Å². The second kappa shape index (κ2) is 5.52. The summed E-state index contributed by atoms with van der Waals surface area (Å²) in [5.41, 5.74) is 0.784. The zero-order valence-electron chi connectivity index (χ0n) is 10.9. The van der Waals surface area contributed by atoms with Gasteiger partial charge in [0.2, 0.25) is 0 Å². The molecular formula is C15H20BrNO2. The van der Waals surface area contributed by atoms with E-state index in [0.717, 1.165) is 10.9 Å². The molecule has 0 radical (unpaired) electrons. The van der Waals surface area contributed by atoms with Crippen LogP contribution < -0.4 is 5.32 Å². The lowest BCUT2D eigenvalue weighted by Gasteiger charge is -2.38. The lowest BCUT2D eigenvalue weighted by molar-refractivity contribution is 0.0216. The number of aliphatic hydroxyl groups is 1. The molecule has 2 fully saturated rings. The van der Waals surface area contributed by atoms with Crippen LogP contribution in [0.25, 0.3) is 0 Å². The van der Waals surface area contributed by atoms with E-state index in [2.05, 4.69) is 45.5 Å². The molecule has 104 valence electrons. The third-order valence-electron chi connectivity index (χ3n) is 4.28. The van der Waals surface area contributed by atoms with Crippen molar-refractivity contribution in [3.63, 3.8) is 0 Å². The second-order valence-electron chi connectivity index (χ2n) is 5.82. The number of nitrogens with one attached hydrogen (secondary N) is 1. The van der Waals surface area contributed by atoms with E-state index in [0.29, 0.717) is 31.7 Å². The summed E-state index contributed by atoms with van der Waals surface area (Å²) in [4.78, 5) is 0. The molecule has 1 unspecified atom stereocenters. The van der Waals surface area contributed by atoms with Crippen LogP contribution in [0.1, 0.15) is 30.7 Å². The summed E-state index contributed by atoms with van der Waals surface area (Å²) in [5, 5.41) is 13.7. The number of ether oxygens (including phenoxy) is 1. The Morgan fingerprint density at radius 3 is 2.68 bits per heavy atom. The summed E-state index contributed by atoms with van der Waals surface area (Å²) in [5.74, 6) is 0.667. The lowest BCUT2D eigenvalue weighted by Crippen LogP contribution is -2.48. The van der Waals surface area contributed by atoms with Gasteiger partial charge >= 0.3 is 0 Å². The van der Waals surface area contributed by atoms with Crippen LogP contribution in [0.5, 0.6) is 0 Å². The fourth-order valence-corrected chi connectivity index (χ4v) is 3.13. The quantitative estimate of drug-likeness (QED) is 0.893. The minimum Gasteiger partial charge on any atom is -0.386 e. The van der Waals surface area contributed by atoms with Crippen molar-refractivity contribution in [2.24, 2.45) is 0 Å². The van der Waals surface area contributed by atoms with E-state index >= 15 is 0 Å². The van der Waals surface area contributed by atoms with Crippen molar-refractivity contribution in [2.45, 2.75) is 36.8 Å². The van der Waals surface area contributed by atoms with Crippen LogP contribution in [0.15, 0.2) is 28.7 Å². The summed E-state index contributed by atoms with van der Waals surface area (Å²) in [6.07, 6.45) is 3.08. The van der Waals surface area contributed by atoms with Gasteiger partial charge in [0.05, 0.1) is 6.61 Å². The first kappa shape index (κ1) is 13.6. The molecule has 0 amide bonds. The molecule has 3 rings (SSSR count). The molecule has 2 N–H and O–H groups in total. The number of halogens is 1. The number of benzene rings is 1. The molecule has 1 heterocycles. The zero-order valence-corrected chi connectivity index (χ0v) is 12.5. The molecule has 1 aromatic carbocycles. The van der Waals surface area contributed by atoms with E-state index in [1.54, 1.807) is 0 Å². The monoisotopic (exact) mass is 325 g/mol. The zero-order chi connectivity index (χ0) is 13.3. The Hall–Kier alpha value is -0.420. The molecule has 4 heteroatoms. The molecule has 1 saturated heterocycles. The lowest BCUT2D eigenvalue weighted by atomic mass is 9.75. The maximum Gasteiger partial charge on any atom is 0.102 e. The summed E-state index contributed by atoms with van der Waals surface area (Å²) < 4.78 is 6.38. The minimum absolute atomic E-state index is 0.475. The van der Waals surface area contributed by atoms with Gasteiger partial charge in [-0.05, 0) is 36.5 Å². The molecule has 3 nitrogen and oxygen atoms in total. The first-order valence-electron chi connectivity index (χ1n) is 6.94. The highest BCUT2D eigenvalue weighted by Crippen LogP contribution is 2.37. The van der Waals surface area contributed by atoms with Crippen LogP contribution in [-0.4, -0.2) is 36.5 Å². The van der Waals surface area contributed by atoms with Crippen molar-refractivity contribution in [1.29, 1.82) is 0 Å². The Labute approximate surface area is 122 Å². The number of hydrogen-bond donors (Lipinski definition) is 2. The van der Waals surface area contributed by atoms with E-state index in [4.69, 9.17) is 4.74 Å². The van der Waals surface area contributed by atoms with Gasteiger partial charge in [-0.15, -0.1) is 0 Å². The smallest absolute Gasteiger partial charge is 0.102 e. The molecule has 19 heavy (non-hydrogen) atoms. The van der Waals surface area contributed by atoms with Crippen LogP contribution in [0.4, 0.5) is 0 Å². The predicted octanol–water partition coefficient (Wildman–Crippen LogP) is 2.44. The Kier molecular flexibility index (Phi) is 3.94. The maximum absolute atomic E-state index is 10.2. The average Bonchev–Trinajstić information content (AvgIpc) is 2.77. The SMILES string of the molecule is OC1(CNC2CC(c3ccc(Br)cc3)C2)CCOC1. The molecule has 1 saturated carbocycles. The van der Waals surface area contributed by atoms with Crippen LogP contribution in [0.3, 0.4) is 0 Å². The summed E-state index contributed by atoms with van der Waals surface area (Å²) in [6.45, 7) is 1.82. The van der Waals surface area contributed by atoms with Crippen LogP contribution in [-0.2, 0) is 4.74 Å². The standard InChI is InChI=1S/C15H20BrNO2/c16-13-3-1-11(2-4-13)12-7-14(8-12)17-9-15(18)5-6-19-10-15/h1-4,12,14,17-18H,5-10H2. The van der Waals surface area contributed by atoms with Crippen LogP contribution in [0, 0.1) is 0 Å². The third-order valence-corrected chi connectivity index (χ3v) is 4.81. The van der Waals surface area contributed by atoms with Crippen molar-refractivity contribution in [3.8, 4) is 0 Å². The Balaban J connectivity index is 1.44. The van der Waals surface area contributed by atoms with Gasteiger partial charge in [0.1, 0.15) is 5.60 Å². The molecular weight excluding hydrogens is 306 g/mol. The normalized spacial score (nSPS) is 34.2. The molecule has 0 bridgehead atoms. The van der Waals surface area contributed by atoms with E-state index in [1.807, 2.05) is 0 Å². The molecule has 1 aliphatic carbocycles. The molecule has 2 aliphatic rings. The topological polar surface area (TPSA) is 41.5 Å². The summed E-state index contributed by atoms with van der Waals surface area (Å²) >= 11 is 3.46. The largest absolute Gasteiger partial charge is 0.386 e. The van der Waals surface area contributed by atoms with Crippen LogP contribution in [0.2, 0.25) is 0 Å². The first-order chi connectivity index (χ1) is 9.15. The molecule has 0 aromatic heterocycles. The fourth-order valence-electron chi connectivity index (χ4n) is 2.86. The van der Waals surface area contributed by atoms with Gasteiger partial charge in [0.15, 0.2) is 0 Å². The first-order valence-corrected chi connectivity index (χ1v) is 7.73. The van der Waals surface area contributed by atoms with Gasteiger partial charge in [0.25, 0.3) is 0 Å². The van der Waals surface area contributed by atoms with Crippen LogP contribution >= 0.6 is 15.9 Å². The van der Waals surface area contributed by atoms with Gasteiger partial charge in [-0.3, -0.25) is 0 Å². The predicted molar refractivity (Wildman–Crippen MR) is 78.3 cm³/mol. The third kappa shape index (κ3) is 3.19. The van der Waals surface area contributed by atoms with Gasteiger partial charge in [-0.1, -0.05) is 28.1 Å². The van der Waals surface area contributed by atoms with E-state index in [9.17, 15) is 5.11 Å². The summed E-state index contributed by atoms with van der Waals surface area (Å²) in [6, 6.07) is 9.15. The average molecular weight is 326 g/mol. The van der Waals surface area contributed by atoms with Gasteiger partial charge < -0.3 is 15.2 Å². The molecule has 1 aliphatic heterocycles. The van der Waals surface area contributed by atoms with E-state index in [-0.39, 0.29) is 0 Å². The highest BCUT2D eigenvalue weighted by molar-refractivity contribution is 9.10. The van der Waals surface area contributed by atoms with Crippen molar-refractivity contribution in [2.75, 3.05) is 19.8 Å². The van der Waals surface area contributed by atoms with E-state index in [1.165, 1.54) is 18.4 Å². The van der Waals surface area contributed by atoms with Crippen molar-refractivity contribution < 1.29 is 9.84 Å². The van der Waals surface area contributed by atoms with Gasteiger partial charge in [0, 0.05) is 30.1 Å². The Morgan fingerprint density at radius 2 is 2.05 bits per heavy atom. The Morgan fingerprint density at radius 1 is 1.32 bits per heavy atom. The maximum atomic E-state index is 10.2. The molecule has 0 spiro atoms. The minimum atomic E-state index is -0.636. The number of rotatable bonds is 4. The van der Waals surface area contributed by atoms with Gasteiger partial charge in [-0.2, -0.15) is 0 Å².